The van der Waals surface area contributed by atoms with Crippen LogP contribution in [0.1, 0.15) is 30.9 Å². The summed E-state index contributed by atoms with van der Waals surface area (Å²) >= 11 is 6.16. The van der Waals surface area contributed by atoms with Crippen LogP contribution in [0.2, 0.25) is 5.02 Å². The molecule has 0 saturated carbocycles. The van der Waals surface area contributed by atoms with Gasteiger partial charge in [0.05, 0.1) is 25.2 Å². The molecule has 2 aromatic carbocycles. The van der Waals surface area contributed by atoms with Gasteiger partial charge in [-0.15, -0.1) is 0 Å². The third kappa shape index (κ3) is 4.61. The molecule has 0 aliphatic carbocycles. The van der Waals surface area contributed by atoms with E-state index in [4.69, 9.17) is 21.1 Å². The molecule has 5 rings (SSSR count). The molecular formula is C26H30ClFN2O4. The number of fused-ring (bicyclic) bond motifs is 1. The first kappa shape index (κ1) is 23.4. The normalized spacial score (nSPS) is 23.7. The van der Waals surface area contributed by atoms with Crippen molar-refractivity contribution in [3.63, 3.8) is 0 Å². The molecule has 3 heterocycles. The van der Waals surface area contributed by atoms with Gasteiger partial charge in [-0.1, -0.05) is 17.7 Å². The van der Waals surface area contributed by atoms with Crippen molar-refractivity contribution in [1.82, 2.24) is 4.90 Å². The van der Waals surface area contributed by atoms with Crippen LogP contribution in [0.3, 0.4) is 0 Å². The number of carbonyl (C=O) groups excluding carboxylic acids is 1. The van der Waals surface area contributed by atoms with Gasteiger partial charge in [-0.3, -0.25) is 9.69 Å². The molecule has 0 aromatic heterocycles. The van der Waals surface area contributed by atoms with E-state index in [1.165, 1.54) is 12.1 Å². The average molecular weight is 489 g/mol. The number of likely N-dealkylation sites (tertiary alicyclic amines) is 1. The number of halogens is 2. The van der Waals surface area contributed by atoms with Crippen LogP contribution in [0.15, 0.2) is 36.4 Å². The summed E-state index contributed by atoms with van der Waals surface area (Å²) in [5, 5.41) is 11.6. The zero-order valence-corrected chi connectivity index (χ0v) is 20.1. The van der Waals surface area contributed by atoms with Crippen molar-refractivity contribution in [3.05, 3.63) is 58.4 Å². The maximum absolute atomic E-state index is 14.1. The summed E-state index contributed by atoms with van der Waals surface area (Å²) in [6.45, 7) is 4.67. The van der Waals surface area contributed by atoms with Crippen molar-refractivity contribution in [2.75, 3.05) is 37.7 Å². The second kappa shape index (κ2) is 9.36. The smallest absolute Gasteiger partial charge is 0.310 e. The fourth-order valence-corrected chi connectivity index (χ4v) is 5.81. The molecule has 6 nitrogen and oxygen atoms in total. The Hall–Kier alpha value is -2.35. The summed E-state index contributed by atoms with van der Waals surface area (Å²) in [6.07, 6.45) is 2.12. The number of ether oxygens (including phenoxy) is 2. The molecule has 3 aliphatic rings. The first-order valence-electron chi connectivity index (χ1n) is 11.9. The van der Waals surface area contributed by atoms with Gasteiger partial charge < -0.3 is 19.5 Å². The Labute approximate surface area is 204 Å². The number of esters is 1. The van der Waals surface area contributed by atoms with Gasteiger partial charge >= 0.3 is 5.97 Å². The second-order valence-electron chi connectivity index (χ2n) is 9.54. The van der Waals surface area contributed by atoms with Crippen LogP contribution >= 0.6 is 11.6 Å². The fourth-order valence-electron chi connectivity index (χ4n) is 5.62. The van der Waals surface area contributed by atoms with Crippen LogP contribution < -0.4 is 9.64 Å². The van der Waals surface area contributed by atoms with E-state index >= 15 is 0 Å². The number of benzene rings is 2. The molecule has 0 radical (unpaired) electrons. The summed E-state index contributed by atoms with van der Waals surface area (Å²) in [7, 11) is 0. The second-order valence-corrected chi connectivity index (χ2v) is 9.98. The Morgan fingerprint density at radius 2 is 2.03 bits per heavy atom. The first-order valence-corrected chi connectivity index (χ1v) is 12.3. The van der Waals surface area contributed by atoms with E-state index in [0.29, 0.717) is 30.9 Å². The van der Waals surface area contributed by atoms with Crippen LogP contribution in [0.5, 0.6) is 5.75 Å². The summed E-state index contributed by atoms with van der Waals surface area (Å²) in [6, 6.07) is 10.2. The van der Waals surface area contributed by atoms with Gasteiger partial charge in [0, 0.05) is 56.2 Å². The number of β-amino-alcohol motifs (C(OH)–C–C–N with tert-alkyl or cyclic N) is 1. The summed E-state index contributed by atoms with van der Waals surface area (Å²) in [4.78, 5) is 16.4. The Morgan fingerprint density at radius 3 is 2.79 bits per heavy atom. The molecule has 1 N–H and O–H groups in total. The predicted molar refractivity (Wildman–Crippen MR) is 128 cm³/mol. The molecule has 8 heteroatoms. The highest BCUT2D eigenvalue weighted by Gasteiger charge is 2.45. The van der Waals surface area contributed by atoms with E-state index in [1.54, 1.807) is 13.0 Å². The highest BCUT2D eigenvalue weighted by atomic mass is 35.5. The molecule has 2 aromatic rings. The number of piperidine rings is 1. The molecule has 182 valence electrons. The van der Waals surface area contributed by atoms with Crippen LogP contribution in [-0.4, -0.2) is 66.5 Å². The van der Waals surface area contributed by atoms with Crippen molar-refractivity contribution in [2.24, 2.45) is 0 Å². The van der Waals surface area contributed by atoms with Crippen molar-refractivity contribution in [2.45, 2.75) is 50.4 Å². The van der Waals surface area contributed by atoms with Crippen LogP contribution in [0.25, 0.3) is 0 Å². The van der Waals surface area contributed by atoms with Crippen molar-refractivity contribution < 1.29 is 23.8 Å². The molecule has 1 spiro atoms. The standard InChI is InChI=1S/C26H30ClFN2O4/c1-2-33-25(32)12-17-3-5-20(28)13-21(17)30-15-22(23(31)16-30)29-9-7-26(8-10-29)14-18-11-19(27)4-6-24(18)34-26/h3-6,11,13,22-23,31H,2,7-10,12,14-16H2,1H3. The zero-order chi connectivity index (χ0) is 23.9. The van der Waals surface area contributed by atoms with E-state index in [2.05, 4.69) is 4.90 Å². The Bertz CT molecular complexity index is 1070. The average Bonchev–Trinajstić information content (AvgIpc) is 3.35. The quantitative estimate of drug-likeness (QED) is 0.649. The monoisotopic (exact) mass is 488 g/mol. The van der Waals surface area contributed by atoms with Gasteiger partial charge in [0.2, 0.25) is 0 Å². The molecule has 3 aliphatic heterocycles. The largest absolute Gasteiger partial charge is 0.487 e. The fraction of sp³-hybridized carbons (Fsp3) is 0.500. The number of nitrogens with zero attached hydrogens (tertiary/aromatic N) is 2. The van der Waals surface area contributed by atoms with E-state index in [9.17, 15) is 14.3 Å². The van der Waals surface area contributed by atoms with Gasteiger partial charge in [-0.05, 0) is 48.4 Å². The van der Waals surface area contributed by atoms with E-state index < -0.39 is 6.10 Å². The van der Waals surface area contributed by atoms with E-state index in [1.807, 2.05) is 23.1 Å². The molecule has 34 heavy (non-hydrogen) atoms. The summed E-state index contributed by atoms with van der Waals surface area (Å²) < 4.78 is 25.5. The minimum absolute atomic E-state index is 0.0608. The highest BCUT2D eigenvalue weighted by molar-refractivity contribution is 6.30. The zero-order valence-electron chi connectivity index (χ0n) is 19.3. The topological polar surface area (TPSA) is 62.2 Å². The minimum atomic E-state index is -0.562. The molecule has 2 fully saturated rings. The molecule has 2 atom stereocenters. The minimum Gasteiger partial charge on any atom is -0.487 e. The Kier molecular flexibility index (Phi) is 6.44. The van der Waals surface area contributed by atoms with Crippen molar-refractivity contribution in [3.8, 4) is 5.75 Å². The van der Waals surface area contributed by atoms with Crippen molar-refractivity contribution in [1.29, 1.82) is 0 Å². The van der Waals surface area contributed by atoms with Crippen LogP contribution in [0.4, 0.5) is 10.1 Å². The number of carbonyl (C=O) groups is 1. The third-order valence-corrected chi connectivity index (χ3v) is 7.56. The molecule has 2 saturated heterocycles. The predicted octanol–water partition coefficient (Wildman–Crippen LogP) is 3.60. The lowest BCUT2D eigenvalue weighted by Gasteiger charge is -2.41. The summed E-state index contributed by atoms with van der Waals surface area (Å²) in [5.74, 6) is 0.218. The maximum atomic E-state index is 14.1. The van der Waals surface area contributed by atoms with Gasteiger partial charge in [0.1, 0.15) is 17.2 Å². The lowest BCUT2D eigenvalue weighted by atomic mass is 9.86. The summed E-state index contributed by atoms with van der Waals surface area (Å²) in [5.41, 5.74) is 2.31. The number of aliphatic hydroxyl groups excluding tert-OH is 1. The Morgan fingerprint density at radius 1 is 1.24 bits per heavy atom. The van der Waals surface area contributed by atoms with Crippen LogP contribution in [0, 0.1) is 5.82 Å². The van der Waals surface area contributed by atoms with Crippen LogP contribution in [-0.2, 0) is 22.4 Å². The van der Waals surface area contributed by atoms with Crippen molar-refractivity contribution >= 4 is 23.3 Å². The SMILES string of the molecule is CCOC(=O)Cc1ccc(F)cc1N1CC(O)C(N2CCC3(CC2)Cc2cc(Cl)ccc2O3)C1. The molecular weight excluding hydrogens is 459 g/mol. The number of hydrogen-bond donors (Lipinski definition) is 1. The van der Waals surface area contributed by atoms with Gasteiger partial charge in [0.15, 0.2) is 0 Å². The van der Waals surface area contributed by atoms with E-state index in [-0.39, 0.29) is 29.9 Å². The van der Waals surface area contributed by atoms with Gasteiger partial charge in [-0.2, -0.15) is 0 Å². The van der Waals surface area contributed by atoms with Gasteiger partial charge in [0.25, 0.3) is 0 Å². The third-order valence-electron chi connectivity index (χ3n) is 7.33. The number of rotatable bonds is 5. The molecule has 0 bridgehead atoms. The lowest BCUT2D eigenvalue weighted by molar-refractivity contribution is -0.142. The molecule has 0 amide bonds. The highest BCUT2D eigenvalue weighted by Crippen LogP contribution is 2.42. The molecule has 2 unspecified atom stereocenters. The van der Waals surface area contributed by atoms with E-state index in [0.717, 1.165) is 48.7 Å². The van der Waals surface area contributed by atoms with Gasteiger partial charge in [-0.25, -0.2) is 4.39 Å². The lowest BCUT2D eigenvalue weighted by Crippen LogP contribution is -2.53. The Balaban J connectivity index is 1.25. The number of aliphatic hydroxyl groups is 1. The number of hydrogen-bond acceptors (Lipinski definition) is 6. The first-order chi connectivity index (χ1) is 16.4. The number of anilines is 1. The maximum Gasteiger partial charge on any atom is 0.310 e.